The van der Waals surface area contributed by atoms with Gasteiger partial charge in [0.1, 0.15) is 5.01 Å². The number of hydrogen-bond acceptors (Lipinski definition) is 6. The molecule has 0 aromatic carbocycles. The van der Waals surface area contributed by atoms with Crippen molar-refractivity contribution in [1.82, 2.24) is 19.5 Å². The molecule has 0 bridgehead atoms. The molecule has 0 aliphatic heterocycles. The highest BCUT2D eigenvalue weighted by Crippen LogP contribution is 2.24. The number of sulfonamides is 1. The Labute approximate surface area is 129 Å². The van der Waals surface area contributed by atoms with Crippen LogP contribution in [0.4, 0.5) is 0 Å². The summed E-state index contributed by atoms with van der Waals surface area (Å²) < 4.78 is 28.1. The van der Waals surface area contributed by atoms with Gasteiger partial charge in [0.25, 0.3) is 10.0 Å². The Balaban J connectivity index is 2.26. The fourth-order valence-corrected chi connectivity index (χ4v) is 4.36. The lowest BCUT2D eigenvalue weighted by Gasteiger charge is -2.12. The van der Waals surface area contributed by atoms with Gasteiger partial charge >= 0.3 is 5.97 Å². The highest BCUT2D eigenvalue weighted by atomic mass is 35.5. The van der Waals surface area contributed by atoms with Crippen molar-refractivity contribution in [2.75, 3.05) is 0 Å². The first-order valence-corrected chi connectivity index (χ1v) is 8.35. The number of aryl methyl sites for hydroxylation is 1. The van der Waals surface area contributed by atoms with Gasteiger partial charge in [-0.3, -0.25) is 4.68 Å². The molecule has 11 heteroatoms. The Morgan fingerprint density at radius 3 is 2.71 bits per heavy atom. The van der Waals surface area contributed by atoms with Gasteiger partial charge in [-0.2, -0.15) is 5.10 Å². The lowest BCUT2D eigenvalue weighted by Crippen LogP contribution is -2.28. The van der Waals surface area contributed by atoms with E-state index in [1.165, 1.54) is 18.6 Å². The van der Waals surface area contributed by atoms with Gasteiger partial charge in [0.2, 0.25) is 0 Å². The molecule has 2 aromatic heterocycles. The minimum Gasteiger partial charge on any atom is -0.476 e. The molecule has 8 nitrogen and oxygen atoms in total. The topological polar surface area (TPSA) is 114 Å². The summed E-state index contributed by atoms with van der Waals surface area (Å²) in [5, 5.41) is 14.1. The molecule has 0 spiro atoms. The number of aromatic carboxylic acids is 1. The number of hydrogen-bond donors (Lipinski definition) is 2. The van der Waals surface area contributed by atoms with Crippen molar-refractivity contribution in [3.8, 4) is 0 Å². The minimum atomic E-state index is -3.90. The normalized spacial score (nSPS) is 13.3. The first-order valence-electron chi connectivity index (χ1n) is 5.61. The van der Waals surface area contributed by atoms with Crippen molar-refractivity contribution in [1.29, 1.82) is 0 Å². The molecule has 1 unspecified atom stereocenters. The van der Waals surface area contributed by atoms with Crippen LogP contribution in [0.3, 0.4) is 0 Å². The summed E-state index contributed by atoms with van der Waals surface area (Å²) in [6.45, 7) is 1.56. The smallest absolute Gasteiger partial charge is 0.355 e. The van der Waals surface area contributed by atoms with Crippen LogP contribution in [0.2, 0.25) is 5.02 Å². The number of nitrogens with zero attached hydrogens (tertiary/aromatic N) is 3. The number of thiazole rings is 1. The van der Waals surface area contributed by atoms with E-state index in [9.17, 15) is 13.2 Å². The number of halogens is 1. The van der Waals surface area contributed by atoms with E-state index < -0.39 is 22.0 Å². The van der Waals surface area contributed by atoms with E-state index in [0.717, 1.165) is 16.0 Å². The van der Waals surface area contributed by atoms with Crippen LogP contribution in [0.5, 0.6) is 0 Å². The van der Waals surface area contributed by atoms with Gasteiger partial charge in [-0.1, -0.05) is 11.6 Å². The van der Waals surface area contributed by atoms with Crippen LogP contribution in [0.15, 0.2) is 16.6 Å². The highest BCUT2D eigenvalue weighted by molar-refractivity contribution is 7.89. The Morgan fingerprint density at radius 2 is 2.24 bits per heavy atom. The SMILES string of the molecule is CC(NS(=O)(=O)c1c(Cl)cnn1C)c1nc(C(=O)O)cs1. The van der Waals surface area contributed by atoms with Crippen molar-refractivity contribution in [2.24, 2.45) is 7.05 Å². The molecular weight excluding hydrogens is 340 g/mol. The fraction of sp³-hybridized carbons (Fsp3) is 0.300. The van der Waals surface area contributed by atoms with Crippen molar-refractivity contribution < 1.29 is 18.3 Å². The Bertz CT molecular complexity index is 763. The molecule has 2 aromatic rings. The molecule has 2 heterocycles. The number of aromatic nitrogens is 3. The summed E-state index contributed by atoms with van der Waals surface area (Å²) >= 11 is 6.87. The predicted octanol–water partition coefficient (Wildman–Crippen LogP) is 1.27. The van der Waals surface area contributed by atoms with Crippen molar-refractivity contribution in [2.45, 2.75) is 18.0 Å². The lowest BCUT2D eigenvalue weighted by atomic mass is 10.4. The van der Waals surface area contributed by atoms with Crippen LogP contribution in [0.25, 0.3) is 0 Å². The van der Waals surface area contributed by atoms with Gasteiger partial charge < -0.3 is 5.11 Å². The summed E-state index contributed by atoms with van der Waals surface area (Å²) in [7, 11) is -2.44. The molecule has 21 heavy (non-hydrogen) atoms. The molecular formula is C10H11ClN4O4S2. The van der Waals surface area contributed by atoms with Crippen molar-refractivity contribution in [3.63, 3.8) is 0 Å². The van der Waals surface area contributed by atoms with Gasteiger partial charge in [-0.15, -0.1) is 11.3 Å². The molecule has 2 rings (SSSR count). The molecule has 0 saturated carbocycles. The van der Waals surface area contributed by atoms with E-state index in [-0.39, 0.29) is 15.7 Å². The maximum absolute atomic E-state index is 12.3. The number of carboxylic acids is 1. The lowest BCUT2D eigenvalue weighted by molar-refractivity contribution is 0.0691. The third kappa shape index (κ3) is 3.23. The third-order valence-corrected chi connectivity index (χ3v) is 5.61. The average molecular weight is 351 g/mol. The number of carbonyl (C=O) groups is 1. The molecule has 0 fully saturated rings. The van der Waals surface area contributed by atoms with Crippen molar-refractivity contribution in [3.05, 3.63) is 27.3 Å². The predicted molar refractivity (Wildman–Crippen MR) is 76.0 cm³/mol. The van der Waals surface area contributed by atoms with E-state index in [4.69, 9.17) is 16.7 Å². The van der Waals surface area contributed by atoms with E-state index in [1.54, 1.807) is 6.92 Å². The quantitative estimate of drug-likeness (QED) is 0.839. The summed E-state index contributed by atoms with van der Waals surface area (Å²) in [5.74, 6) is -1.16. The number of carboxylic acid groups (broad SMARTS) is 1. The Morgan fingerprint density at radius 1 is 1.57 bits per heavy atom. The first kappa shape index (κ1) is 15.9. The van der Waals surface area contributed by atoms with E-state index >= 15 is 0 Å². The minimum absolute atomic E-state index is 0.00237. The standard InChI is InChI=1S/C10H11ClN4O4S2/c1-5(8-13-7(4-20-8)10(16)17)14-21(18,19)9-6(11)3-12-15(9)2/h3-5,14H,1-2H3,(H,16,17). The second-order valence-corrected chi connectivity index (χ2v) is 7.07. The van der Waals surface area contributed by atoms with Crippen LogP contribution in [-0.2, 0) is 17.1 Å². The molecule has 2 N–H and O–H groups in total. The van der Waals surface area contributed by atoms with Crippen LogP contribution in [-0.4, -0.2) is 34.3 Å². The van der Waals surface area contributed by atoms with Crippen LogP contribution < -0.4 is 4.72 Å². The molecule has 0 aliphatic carbocycles. The highest BCUT2D eigenvalue weighted by Gasteiger charge is 2.26. The second-order valence-electron chi connectivity index (χ2n) is 4.14. The van der Waals surface area contributed by atoms with Crippen LogP contribution in [0, 0.1) is 0 Å². The molecule has 0 amide bonds. The summed E-state index contributed by atoms with van der Waals surface area (Å²) in [4.78, 5) is 14.6. The maximum Gasteiger partial charge on any atom is 0.355 e. The zero-order valence-electron chi connectivity index (χ0n) is 10.9. The van der Waals surface area contributed by atoms with Gasteiger partial charge in [0.05, 0.1) is 17.3 Å². The summed E-state index contributed by atoms with van der Waals surface area (Å²) in [6.07, 6.45) is 1.23. The zero-order valence-corrected chi connectivity index (χ0v) is 13.3. The van der Waals surface area contributed by atoms with Gasteiger partial charge in [-0.25, -0.2) is 22.9 Å². The molecule has 1 atom stereocenters. The van der Waals surface area contributed by atoms with E-state index in [1.807, 2.05) is 0 Å². The zero-order chi connectivity index (χ0) is 15.8. The summed E-state index contributed by atoms with van der Waals surface area (Å²) in [5.41, 5.74) is -0.125. The Kier molecular flexibility index (Phi) is 4.33. The van der Waals surface area contributed by atoms with Crippen LogP contribution in [0.1, 0.15) is 28.5 Å². The van der Waals surface area contributed by atoms with Gasteiger partial charge in [-0.05, 0) is 6.92 Å². The Hall–Kier alpha value is -1.49. The summed E-state index contributed by atoms with van der Waals surface area (Å²) in [6, 6.07) is -0.695. The third-order valence-electron chi connectivity index (χ3n) is 2.54. The van der Waals surface area contributed by atoms with Gasteiger partial charge in [0, 0.05) is 12.4 Å². The fourth-order valence-electron chi connectivity index (χ4n) is 1.63. The second kappa shape index (κ2) is 5.72. The molecule has 0 aliphatic rings. The molecule has 0 radical (unpaired) electrons. The average Bonchev–Trinajstić information content (AvgIpc) is 2.96. The number of rotatable bonds is 5. The van der Waals surface area contributed by atoms with Crippen LogP contribution >= 0.6 is 22.9 Å². The molecule has 0 saturated heterocycles. The van der Waals surface area contributed by atoms with Gasteiger partial charge in [0.15, 0.2) is 10.7 Å². The number of nitrogens with one attached hydrogen (secondary N) is 1. The van der Waals surface area contributed by atoms with Crippen molar-refractivity contribution >= 4 is 38.9 Å². The van der Waals surface area contributed by atoms with E-state index in [2.05, 4.69) is 14.8 Å². The first-order chi connectivity index (χ1) is 9.72. The van der Waals surface area contributed by atoms with E-state index in [0.29, 0.717) is 5.01 Å². The monoisotopic (exact) mass is 350 g/mol. The molecule has 114 valence electrons. The largest absolute Gasteiger partial charge is 0.476 e. The maximum atomic E-state index is 12.3.